The van der Waals surface area contributed by atoms with Gasteiger partial charge in [-0.2, -0.15) is 5.10 Å². The molecular formula is C21H22N6. The van der Waals surface area contributed by atoms with E-state index < -0.39 is 5.79 Å². The van der Waals surface area contributed by atoms with Crippen LogP contribution in [-0.2, 0) is 6.42 Å². The number of hydrogen-bond acceptors (Lipinski definition) is 5. The van der Waals surface area contributed by atoms with Crippen LogP contribution in [0, 0.1) is 0 Å². The van der Waals surface area contributed by atoms with E-state index in [4.69, 9.17) is 10.7 Å². The Labute approximate surface area is 157 Å². The molecule has 0 bridgehead atoms. The molecule has 1 aromatic heterocycles. The maximum atomic E-state index is 6.65. The molecule has 0 radical (unpaired) electrons. The molecule has 1 aliphatic carbocycles. The first-order chi connectivity index (χ1) is 13.2. The van der Waals surface area contributed by atoms with Gasteiger partial charge in [0.05, 0.1) is 0 Å². The predicted octanol–water partition coefficient (Wildman–Crippen LogP) is 3.43. The van der Waals surface area contributed by atoms with Crippen molar-refractivity contribution in [1.82, 2.24) is 10.2 Å². The summed E-state index contributed by atoms with van der Waals surface area (Å²) in [6, 6.07) is 20.3. The first-order valence-corrected chi connectivity index (χ1v) is 9.31. The molecule has 3 aromatic rings. The normalized spacial score (nSPS) is 21.1. The average molecular weight is 358 g/mol. The highest BCUT2D eigenvalue weighted by Crippen LogP contribution is 2.39. The first kappa shape index (κ1) is 16.1. The molecule has 2 aliphatic rings. The van der Waals surface area contributed by atoms with E-state index in [1.54, 1.807) is 0 Å². The fourth-order valence-electron chi connectivity index (χ4n) is 3.53. The fourth-order valence-corrected chi connectivity index (χ4v) is 3.53. The van der Waals surface area contributed by atoms with E-state index in [0.29, 0.717) is 12.3 Å². The van der Waals surface area contributed by atoms with Crippen LogP contribution in [0.2, 0.25) is 0 Å². The third kappa shape index (κ3) is 3.31. The van der Waals surface area contributed by atoms with Gasteiger partial charge >= 0.3 is 0 Å². The molecule has 2 aromatic carbocycles. The lowest BCUT2D eigenvalue weighted by Gasteiger charge is -2.34. The SMILES string of the molecule is NC1(Cc2ccccc2)N=C(Nc2cc(C3CC3)[nH]n2)c2ccccc2N1. The van der Waals surface area contributed by atoms with Gasteiger partial charge in [-0.25, -0.2) is 4.99 Å². The van der Waals surface area contributed by atoms with Crippen LogP contribution < -0.4 is 16.4 Å². The van der Waals surface area contributed by atoms with Crippen LogP contribution in [0.15, 0.2) is 65.7 Å². The quantitative estimate of drug-likeness (QED) is 0.575. The molecular weight excluding hydrogens is 336 g/mol. The van der Waals surface area contributed by atoms with E-state index in [1.165, 1.54) is 18.5 Å². The summed E-state index contributed by atoms with van der Waals surface area (Å²) in [6.07, 6.45) is 3.05. The number of para-hydroxylation sites is 1. The third-order valence-electron chi connectivity index (χ3n) is 5.02. The fraction of sp³-hybridized carbons (Fsp3) is 0.238. The van der Waals surface area contributed by atoms with Crippen LogP contribution in [0.1, 0.15) is 35.6 Å². The highest BCUT2D eigenvalue weighted by Gasteiger charge is 2.32. The van der Waals surface area contributed by atoms with Crippen LogP contribution in [0.5, 0.6) is 0 Å². The maximum absolute atomic E-state index is 6.65. The van der Waals surface area contributed by atoms with Crippen LogP contribution in [0.3, 0.4) is 0 Å². The summed E-state index contributed by atoms with van der Waals surface area (Å²) in [5, 5.41) is 14.3. The van der Waals surface area contributed by atoms with Gasteiger partial charge in [0.25, 0.3) is 0 Å². The van der Waals surface area contributed by atoms with Gasteiger partial charge in [0.1, 0.15) is 5.84 Å². The topological polar surface area (TPSA) is 91.1 Å². The van der Waals surface area contributed by atoms with Crippen molar-refractivity contribution < 1.29 is 0 Å². The van der Waals surface area contributed by atoms with Gasteiger partial charge in [0.15, 0.2) is 11.6 Å². The number of amidine groups is 1. The van der Waals surface area contributed by atoms with Crippen molar-refractivity contribution in [2.75, 3.05) is 10.6 Å². The Morgan fingerprint density at radius 1 is 1.07 bits per heavy atom. The standard InChI is InChI=1S/C21H22N6/c22-21(13-14-6-2-1-3-7-14)24-17-9-5-4-8-16(17)20(25-21)23-19-12-18(26-27-19)15-10-11-15/h1-9,12,15,24H,10-11,13,22H2,(H2,23,25,26,27). The van der Waals surface area contributed by atoms with Crippen molar-refractivity contribution in [3.05, 3.63) is 77.5 Å². The van der Waals surface area contributed by atoms with Gasteiger partial charge in [0.2, 0.25) is 0 Å². The molecule has 1 saturated carbocycles. The molecule has 1 fully saturated rings. The average Bonchev–Trinajstić information content (AvgIpc) is 3.42. The van der Waals surface area contributed by atoms with Crippen molar-refractivity contribution in [3.8, 4) is 0 Å². The molecule has 5 rings (SSSR count). The van der Waals surface area contributed by atoms with Crippen molar-refractivity contribution in [3.63, 3.8) is 0 Å². The first-order valence-electron chi connectivity index (χ1n) is 9.31. The largest absolute Gasteiger partial charge is 0.348 e. The lowest BCUT2D eigenvalue weighted by molar-refractivity contribution is 0.503. The zero-order valence-corrected chi connectivity index (χ0v) is 14.9. The Morgan fingerprint density at radius 2 is 1.85 bits per heavy atom. The van der Waals surface area contributed by atoms with E-state index in [9.17, 15) is 0 Å². The number of nitrogens with two attached hydrogens (primary N) is 1. The van der Waals surface area contributed by atoms with E-state index in [-0.39, 0.29) is 0 Å². The number of nitrogens with one attached hydrogen (secondary N) is 3. The van der Waals surface area contributed by atoms with E-state index in [2.05, 4.69) is 39.0 Å². The second-order valence-electron chi connectivity index (χ2n) is 7.33. The Balaban J connectivity index is 1.47. The summed E-state index contributed by atoms with van der Waals surface area (Å²) < 4.78 is 0. The Hall–Kier alpha value is -3.12. The second-order valence-corrected chi connectivity index (χ2v) is 7.33. The number of aromatic nitrogens is 2. The lowest BCUT2D eigenvalue weighted by Crippen LogP contribution is -2.51. The van der Waals surface area contributed by atoms with Crippen molar-refractivity contribution >= 4 is 17.3 Å². The maximum Gasteiger partial charge on any atom is 0.188 e. The van der Waals surface area contributed by atoms with Crippen molar-refractivity contribution in [2.45, 2.75) is 31.0 Å². The highest BCUT2D eigenvalue weighted by molar-refractivity contribution is 6.12. The van der Waals surface area contributed by atoms with Crippen LogP contribution in [-0.4, -0.2) is 21.8 Å². The number of H-pyrrole nitrogens is 1. The molecule has 5 N–H and O–H groups in total. The minimum Gasteiger partial charge on any atom is -0.348 e. The number of anilines is 2. The number of hydrogen-bond donors (Lipinski definition) is 4. The number of aromatic amines is 1. The second kappa shape index (κ2) is 6.25. The van der Waals surface area contributed by atoms with Gasteiger partial charge in [-0.1, -0.05) is 42.5 Å². The molecule has 1 aliphatic heterocycles. The van der Waals surface area contributed by atoms with Crippen molar-refractivity contribution in [2.24, 2.45) is 10.7 Å². The summed E-state index contributed by atoms with van der Waals surface area (Å²) >= 11 is 0. The van der Waals surface area contributed by atoms with Gasteiger partial charge < -0.3 is 10.6 Å². The molecule has 0 amide bonds. The zero-order valence-electron chi connectivity index (χ0n) is 14.9. The molecule has 2 heterocycles. The summed E-state index contributed by atoms with van der Waals surface area (Å²) in [7, 11) is 0. The van der Waals surface area contributed by atoms with Gasteiger partial charge in [-0.05, 0) is 30.5 Å². The smallest absolute Gasteiger partial charge is 0.188 e. The summed E-state index contributed by atoms with van der Waals surface area (Å²) in [6.45, 7) is 0. The molecule has 0 saturated heterocycles. The van der Waals surface area contributed by atoms with Gasteiger partial charge in [0, 0.05) is 35.3 Å². The van der Waals surface area contributed by atoms with Crippen LogP contribution in [0.25, 0.3) is 0 Å². The zero-order chi connectivity index (χ0) is 18.3. The number of benzene rings is 2. The number of rotatable bonds is 4. The molecule has 1 unspecified atom stereocenters. The molecule has 6 nitrogen and oxygen atoms in total. The summed E-state index contributed by atoms with van der Waals surface area (Å²) in [4.78, 5) is 4.83. The molecule has 6 heteroatoms. The highest BCUT2D eigenvalue weighted by atomic mass is 15.3. The number of fused-ring (bicyclic) bond motifs is 1. The Bertz CT molecular complexity index is 989. The Kier molecular flexibility index (Phi) is 3.72. The van der Waals surface area contributed by atoms with Gasteiger partial charge in [-0.3, -0.25) is 10.8 Å². The third-order valence-corrected chi connectivity index (χ3v) is 5.02. The van der Waals surface area contributed by atoms with Gasteiger partial charge in [-0.15, -0.1) is 0 Å². The lowest BCUT2D eigenvalue weighted by atomic mass is 10.0. The van der Waals surface area contributed by atoms with Crippen molar-refractivity contribution in [1.29, 1.82) is 0 Å². The predicted molar refractivity (Wildman–Crippen MR) is 108 cm³/mol. The van der Waals surface area contributed by atoms with Crippen LogP contribution in [0.4, 0.5) is 11.5 Å². The summed E-state index contributed by atoms with van der Waals surface area (Å²) in [5.74, 6) is 1.21. The molecule has 1 atom stereocenters. The molecule has 0 spiro atoms. The monoisotopic (exact) mass is 358 g/mol. The number of nitrogens with zero attached hydrogens (tertiary/aromatic N) is 2. The van der Waals surface area contributed by atoms with Crippen LogP contribution >= 0.6 is 0 Å². The minimum atomic E-state index is -0.923. The number of aliphatic imine (C=N–C) groups is 1. The Morgan fingerprint density at radius 3 is 2.67 bits per heavy atom. The van der Waals surface area contributed by atoms with E-state index in [0.717, 1.165) is 28.5 Å². The molecule has 27 heavy (non-hydrogen) atoms. The van der Waals surface area contributed by atoms with E-state index in [1.807, 2.05) is 42.5 Å². The minimum absolute atomic E-state index is 0.585. The van der Waals surface area contributed by atoms with E-state index >= 15 is 0 Å². The summed E-state index contributed by atoms with van der Waals surface area (Å²) in [5.41, 5.74) is 10.9. The molecule has 136 valence electrons.